The van der Waals surface area contributed by atoms with Gasteiger partial charge < -0.3 is 15.2 Å². The number of rotatable bonds is 5. The first kappa shape index (κ1) is 15.8. The van der Waals surface area contributed by atoms with E-state index in [-0.39, 0.29) is 5.92 Å². The normalized spacial score (nSPS) is 11.8. The molecule has 110 valence electrons. The molecule has 0 aliphatic heterocycles. The number of benzene rings is 1. The summed E-state index contributed by atoms with van der Waals surface area (Å²) in [6.07, 6.45) is 0. The molecule has 0 spiro atoms. The van der Waals surface area contributed by atoms with Crippen molar-refractivity contribution in [3.8, 4) is 5.75 Å². The maximum atomic E-state index is 12.0. The maximum Gasteiger partial charge on any atom is 0.326 e. The van der Waals surface area contributed by atoms with Crippen LogP contribution in [0, 0.1) is 5.92 Å². The monoisotopic (exact) mass is 280 g/mol. The van der Waals surface area contributed by atoms with Gasteiger partial charge in [-0.05, 0) is 30.2 Å². The highest BCUT2D eigenvalue weighted by molar-refractivity contribution is 5.94. The van der Waals surface area contributed by atoms with Crippen LogP contribution in [0.5, 0.6) is 5.75 Å². The molecule has 6 heteroatoms. The van der Waals surface area contributed by atoms with E-state index in [0.717, 1.165) is 0 Å². The van der Waals surface area contributed by atoms with Crippen molar-refractivity contribution < 1.29 is 19.4 Å². The minimum atomic E-state index is -1.04. The zero-order valence-electron chi connectivity index (χ0n) is 12.1. The molecule has 1 rings (SSSR count). The summed E-state index contributed by atoms with van der Waals surface area (Å²) in [7, 11) is 3.14. The number of nitrogens with zero attached hydrogens (tertiary/aromatic N) is 1. The maximum absolute atomic E-state index is 12.0. The topological polar surface area (TPSA) is 78.9 Å². The van der Waals surface area contributed by atoms with E-state index < -0.39 is 18.0 Å². The molecule has 0 radical (unpaired) electrons. The van der Waals surface area contributed by atoms with Crippen LogP contribution in [0.2, 0.25) is 0 Å². The van der Waals surface area contributed by atoms with E-state index in [1.54, 1.807) is 52.3 Å². The summed E-state index contributed by atoms with van der Waals surface area (Å²) in [6, 6.07) is 5.54. The van der Waals surface area contributed by atoms with Gasteiger partial charge >= 0.3 is 12.0 Å². The number of carboxylic acids is 1. The van der Waals surface area contributed by atoms with Crippen LogP contribution in [-0.2, 0) is 4.79 Å². The molecule has 0 saturated carbocycles. The van der Waals surface area contributed by atoms with Crippen molar-refractivity contribution in [3.05, 3.63) is 24.3 Å². The second-order valence-electron chi connectivity index (χ2n) is 4.77. The smallest absolute Gasteiger partial charge is 0.326 e. The van der Waals surface area contributed by atoms with Gasteiger partial charge in [0, 0.05) is 12.7 Å². The van der Waals surface area contributed by atoms with Crippen molar-refractivity contribution in [2.75, 3.05) is 19.1 Å². The zero-order valence-corrected chi connectivity index (χ0v) is 12.1. The molecule has 0 aromatic heterocycles. The number of carbonyl (C=O) groups excluding carboxylic acids is 1. The molecule has 1 aromatic rings. The Morgan fingerprint density at radius 3 is 2.20 bits per heavy atom. The number of nitrogens with one attached hydrogen (secondary N) is 1. The molecular formula is C14H20N2O4. The SMILES string of the molecule is COc1ccc(N(C)C(=O)N[C@H](C(=O)O)C(C)C)cc1. The molecular weight excluding hydrogens is 260 g/mol. The second kappa shape index (κ2) is 6.79. The summed E-state index contributed by atoms with van der Waals surface area (Å²) in [5.41, 5.74) is 0.649. The van der Waals surface area contributed by atoms with Crippen LogP contribution in [0.3, 0.4) is 0 Å². The van der Waals surface area contributed by atoms with Gasteiger partial charge in [-0.2, -0.15) is 0 Å². The summed E-state index contributed by atoms with van der Waals surface area (Å²) in [5, 5.41) is 11.6. The third-order valence-corrected chi connectivity index (χ3v) is 2.98. The summed E-state index contributed by atoms with van der Waals surface area (Å²) in [4.78, 5) is 24.5. The van der Waals surface area contributed by atoms with Crippen molar-refractivity contribution in [1.82, 2.24) is 5.32 Å². The third-order valence-electron chi connectivity index (χ3n) is 2.98. The Hall–Kier alpha value is -2.24. The highest BCUT2D eigenvalue weighted by atomic mass is 16.5. The molecule has 0 aliphatic rings. The van der Waals surface area contributed by atoms with Crippen molar-refractivity contribution >= 4 is 17.7 Å². The van der Waals surface area contributed by atoms with Gasteiger partial charge in [0.1, 0.15) is 11.8 Å². The average Bonchev–Trinajstić information content (AvgIpc) is 2.43. The number of carbonyl (C=O) groups is 2. The van der Waals surface area contributed by atoms with Crippen LogP contribution in [0.25, 0.3) is 0 Å². The van der Waals surface area contributed by atoms with E-state index in [2.05, 4.69) is 5.32 Å². The van der Waals surface area contributed by atoms with Crippen LogP contribution in [-0.4, -0.2) is 37.3 Å². The number of hydrogen-bond donors (Lipinski definition) is 2. The highest BCUT2D eigenvalue weighted by Gasteiger charge is 2.25. The van der Waals surface area contributed by atoms with Crippen LogP contribution >= 0.6 is 0 Å². The predicted octanol–water partition coefficient (Wildman–Crippen LogP) is 1.95. The first-order chi connectivity index (χ1) is 9.36. The minimum Gasteiger partial charge on any atom is -0.497 e. The molecule has 0 saturated heterocycles. The summed E-state index contributed by atoms with van der Waals surface area (Å²) in [5.74, 6) is -0.551. The van der Waals surface area contributed by atoms with Gasteiger partial charge in [0.2, 0.25) is 0 Å². The number of amides is 2. The van der Waals surface area contributed by atoms with E-state index in [1.165, 1.54) is 4.90 Å². The fourth-order valence-electron chi connectivity index (χ4n) is 1.67. The Morgan fingerprint density at radius 1 is 1.25 bits per heavy atom. The zero-order chi connectivity index (χ0) is 15.3. The van der Waals surface area contributed by atoms with Crippen LogP contribution in [0.15, 0.2) is 24.3 Å². The minimum absolute atomic E-state index is 0.194. The Kier molecular flexibility index (Phi) is 5.37. The first-order valence-corrected chi connectivity index (χ1v) is 6.28. The van der Waals surface area contributed by atoms with Gasteiger partial charge in [-0.25, -0.2) is 9.59 Å². The third kappa shape index (κ3) is 3.88. The number of urea groups is 1. The average molecular weight is 280 g/mol. The molecule has 0 unspecified atom stereocenters. The molecule has 0 fully saturated rings. The Balaban J connectivity index is 2.77. The number of hydrogen-bond acceptors (Lipinski definition) is 3. The van der Waals surface area contributed by atoms with Gasteiger partial charge in [0.25, 0.3) is 0 Å². The Bertz CT molecular complexity index is 471. The Labute approximate surface area is 118 Å². The number of ether oxygens (including phenoxy) is 1. The van der Waals surface area contributed by atoms with Gasteiger partial charge in [-0.1, -0.05) is 13.8 Å². The fraction of sp³-hybridized carbons (Fsp3) is 0.429. The van der Waals surface area contributed by atoms with Crippen molar-refractivity contribution in [2.24, 2.45) is 5.92 Å². The molecule has 6 nitrogen and oxygen atoms in total. The van der Waals surface area contributed by atoms with Crippen molar-refractivity contribution in [3.63, 3.8) is 0 Å². The quantitative estimate of drug-likeness (QED) is 0.864. The molecule has 0 heterocycles. The van der Waals surface area contributed by atoms with E-state index in [1.807, 2.05) is 0 Å². The number of methoxy groups -OCH3 is 1. The molecule has 1 atom stereocenters. The summed E-state index contributed by atoms with van der Waals surface area (Å²) >= 11 is 0. The molecule has 1 aromatic carbocycles. The van der Waals surface area contributed by atoms with Crippen LogP contribution in [0.4, 0.5) is 10.5 Å². The van der Waals surface area contributed by atoms with E-state index in [0.29, 0.717) is 11.4 Å². The largest absolute Gasteiger partial charge is 0.497 e. The molecule has 2 amide bonds. The van der Waals surface area contributed by atoms with E-state index in [4.69, 9.17) is 9.84 Å². The summed E-state index contributed by atoms with van der Waals surface area (Å²) in [6.45, 7) is 3.49. The van der Waals surface area contributed by atoms with E-state index >= 15 is 0 Å². The van der Waals surface area contributed by atoms with Crippen molar-refractivity contribution in [2.45, 2.75) is 19.9 Å². The second-order valence-corrected chi connectivity index (χ2v) is 4.77. The summed E-state index contributed by atoms with van der Waals surface area (Å²) < 4.78 is 5.04. The van der Waals surface area contributed by atoms with Crippen LogP contribution in [0.1, 0.15) is 13.8 Å². The molecule has 0 aliphatic carbocycles. The number of carboxylic acid groups (broad SMARTS) is 1. The lowest BCUT2D eigenvalue weighted by Gasteiger charge is -2.23. The number of anilines is 1. The lowest BCUT2D eigenvalue weighted by molar-refractivity contribution is -0.140. The lowest BCUT2D eigenvalue weighted by atomic mass is 10.1. The van der Waals surface area contributed by atoms with Crippen molar-refractivity contribution in [1.29, 1.82) is 0 Å². The standard InChI is InChI=1S/C14H20N2O4/c1-9(2)12(13(17)18)15-14(19)16(3)10-5-7-11(20-4)8-6-10/h5-9,12H,1-4H3,(H,15,19)(H,17,18)/t12-/m0/s1. The van der Waals surface area contributed by atoms with E-state index in [9.17, 15) is 9.59 Å². The Morgan fingerprint density at radius 2 is 1.80 bits per heavy atom. The molecule has 20 heavy (non-hydrogen) atoms. The lowest BCUT2D eigenvalue weighted by Crippen LogP contribution is -2.49. The first-order valence-electron chi connectivity index (χ1n) is 6.28. The van der Waals surface area contributed by atoms with Gasteiger partial charge in [0.15, 0.2) is 0 Å². The molecule has 2 N–H and O–H groups in total. The molecule has 0 bridgehead atoms. The van der Waals surface area contributed by atoms with Gasteiger partial charge in [-0.3, -0.25) is 4.90 Å². The van der Waals surface area contributed by atoms with Gasteiger partial charge in [0.05, 0.1) is 7.11 Å². The predicted molar refractivity (Wildman–Crippen MR) is 76.2 cm³/mol. The van der Waals surface area contributed by atoms with Crippen LogP contribution < -0.4 is 15.0 Å². The highest BCUT2D eigenvalue weighted by Crippen LogP contribution is 2.18. The van der Waals surface area contributed by atoms with Gasteiger partial charge in [-0.15, -0.1) is 0 Å². The number of aliphatic carboxylic acids is 1. The fourth-order valence-corrected chi connectivity index (χ4v) is 1.67.